The van der Waals surface area contributed by atoms with E-state index in [-0.39, 0.29) is 30.5 Å². The van der Waals surface area contributed by atoms with Gasteiger partial charge in [0, 0.05) is 25.5 Å². The third-order valence-corrected chi connectivity index (χ3v) is 4.57. The van der Waals surface area contributed by atoms with E-state index in [2.05, 4.69) is 4.98 Å². The normalized spacial score (nSPS) is 19.0. The second-order valence-electron chi connectivity index (χ2n) is 3.80. The minimum Gasteiger partial charge on any atom is -0.337 e. The van der Waals surface area contributed by atoms with Crippen molar-refractivity contribution in [2.75, 3.05) is 24.6 Å². The van der Waals surface area contributed by atoms with Gasteiger partial charge in [0.15, 0.2) is 9.84 Å². The van der Waals surface area contributed by atoms with Crippen LogP contribution in [0.5, 0.6) is 0 Å². The fourth-order valence-electron chi connectivity index (χ4n) is 1.62. The van der Waals surface area contributed by atoms with Gasteiger partial charge in [0.1, 0.15) is 0 Å². The minimum atomic E-state index is -2.98. The topological polar surface area (TPSA) is 67.3 Å². The number of sulfone groups is 1. The quantitative estimate of drug-likeness (QED) is 0.752. The summed E-state index contributed by atoms with van der Waals surface area (Å²) in [5.74, 6) is -0.245. The monoisotopic (exact) mass is 274 g/mol. The van der Waals surface area contributed by atoms with Crippen LogP contribution in [-0.4, -0.2) is 48.8 Å². The summed E-state index contributed by atoms with van der Waals surface area (Å²) in [5, 5.41) is 0.332. The van der Waals surface area contributed by atoms with E-state index < -0.39 is 9.84 Å². The second-order valence-corrected chi connectivity index (χ2v) is 6.51. The number of hydrogen-bond donors (Lipinski definition) is 0. The van der Waals surface area contributed by atoms with Crippen molar-refractivity contribution in [1.82, 2.24) is 9.88 Å². The molecule has 2 rings (SSSR count). The van der Waals surface area contributed by atoms with Gasteiger partial charge in [-0.2, -0.15) is 0 Å². The number of halogens is 1. The third-order valence-electron chi connectivity index (χ3n) is 2.63. The maximum atomic E-state index is 12.0. The lowest BCUT2D eigenvalue weighted by Crippen LogP contribution is -2.43. The summed E-state index contributed by atoms with van der Waals surface area (Å²) in [6.45, 7) is 0.429. The smallest absolute Gasteiger partial charge is 0.256 e. The Labute approximate surface area is 104 Å². The first-order valence-electron chi connectivity index (χ1n) is 5.09. The molecule has 1 aromatic heterocycles. The van der Waals surface area contributed by atoms with Gasteiger partial charge in [0.25, 0.3) is 5.91 Å². The van der Waals surface area contributed by atoms with Gasteiger partial charge in [-0.1, -0.05) is 11.6 Å². The summed E-state index contributed by atoms with van der Waals surface area (Å²) in [7, 11) is -2.98. The van der Waals surface area contributed by atoms with E-state index in [1.165, 1.54) is 23.4 Å². The van der Waals surface area contributed by atoms with Crippen molar-refractivity contribution in [1.29, 1.82) is 0 Å². The molecular formula is C10H11ClN2O3S. The van der Waals surface area contributed by atoms with Crippen molar-refractivity contribution < 1.29 is 13.2 Å². The Morgan fingerprint density at radius 3 is 2.59 bits per heavy atom. The van der Waals surface area contributed by atoms with Crippen LogP contribution in [0, 0.1) is 0 Å². The predicted molar refractivity (Wildman–Crippen MR) is 63.8 cm³/mol. The number of aromatic nitrogens is 1. The van der Waals surface area contributed by atoms with Crippen LogP contribution in [0.4, 0.5) is 0 Å². The maximum absolute atomic E-state index is 12.0. The Morgan fingerprint density at radius 2 is 2.00 bits per heavy atom. The first-order chi connectivity index (χ1) is 7.99. The number of carbonyl (C=O) groups excluding carboxylic acids is 1. The molecule has 2 heterocycles. The molecule has 1 fully saturated rings. The van der Waals surface area contributed by atoms with Crippen LogP contribution >= 0.6 is 11.6 Å². The van der Waals surface area contributed by atoms with Crippen molar-refractivity contribution in [3.05, 3.63) is 29.0 Å². The molecule has 0 unspecified atom stereocenters. The number of carbonyl (C=O) groups is 1. The van der Waals surface area contributed by atoms with Crippen molar-refractivity contribution in [2.24, 2.45) is 0 Å². The van der Waals surface area contributed by atoms with Gasteiger partial charge < -0.3 is 4.90 Å². The summed E-state index contributed by atoms with van der Waals surface area (Å²) < 4.78 is 22.5. The van der Waals surface area contributed by atoms with E-state index in [0.29, 0.717) is 10.6 Å². The van der Waals surface area contributed by atoms with Crippen LogP contribution in [0.15, 0.2) is 18.5 Å². The molecule has 0 aromatic carbocycles. The highest BCUT2D eigenvalue weighted by Gasteiger charge is 2.26. The average molecular weight is 275 g/mol. The number of amides is 1. The third kappa shape index (κ3) is 2.76. The molecule has 1 amide bonds. The second kappa shape index (κ2) is 4.62. The first kappa shape index (κ1) is 12.3. The zero-order chi connectivity index (χ0) is 12.5. The summed E-state index contributed by atoms with van der Waals surface area (Å²) in [5.41, 5.74) is 0.313. The molecule has 0 spiro atoms. The van der Waals surface area contributed by atoms with Gasteiger partial charge in [0.05, 0.1) is 22.1 Å². The summed E-state index contributed by atoms with van der Waals surface area (Å²) in [6, 6.07) is 1.54. The van der Waals surface area contributed by atoms with Gasteiger partial charge in [-0.3, -0.25) is 9.78 Å². The summed E-state index contributed by atoms with van der Waals surface area (Å²) >= 11 is 5.89. The fourth-order valence-corrected chi connectivity index (χ4v) is 3.01. The lowest BCUT2D eigenvalue weighted by molar-refractivity contribution is 0.0770. The molecular weight excluding hydrogens is 264 g/mol. The highest BCUT2D eigenvalue weighted by atomic mass is 35.5. The lowest BCUT2D eigenvalue weighted by Gasteiger charge is -2.26. The van der Waals surface area contributed by atoms with Crippen molar-refractivity contribution in [2.45, 2.75) is 0 Å². The van der Waals surface area contributed by atoms with Crippen molar-refractivity contribution in [3.63, 3.8) is 0 Å². The van der Waals surface area contributed by atoms with E-state index in [0.717, 1.165) is 0 Å². The molecule has 0 bridgehead atoms. The van der Waals surface area contributed by atoms with Crippen LogP contribution in [0.25, 0.3) is 0 Å². The molecule has 7 heteroatoms. The van der Waals surface area contributed by atoms with Gasteiger partial charge in [-0.15, -0.1) is 0 Å². The Hall–Kier alpha value is -1.14. The number of pyridine rings is 1. The van der Waals surface area contributed by atoms with Gasteiger partial charge >= 0.3 is 0 Å². The predicted octanol–water partition coefficient (Wildman–Crippen LogP) is 0.606. The molecule has 0 aliphatic carbocycles. The van der Waals surface area contributed by atoms with E-state index in [9.17, 15) is 13.2 Å². The molecule has 1 saturated heterocycles. The van der Waals surface area contributed by atoms with Crippen LogP contribution < -0.4 is 0 Å². The number of nitrogens with zero attached hydrogens (tertiary/aromatic N) is 2. The van der Waals surface area contributed by atoms with Crippen molar-refractivity contribution in [3.8, 4) is 0 Å². The van der Waals surface area contributed by atoms with Crippen LogP contribution in [-0.2, 0) is 9.84 Å². The molecule has 0 saturated carbocycles. The molecule has 5 nitrogen and oxygen atoms in total. The Kier molecular flexibility index (Phi) is 3.35. The van der Waals surface area contributed by atoms with E-state index in [1.807, 2.05) is 0 Å². The molecule has 1 aromatic rings. The molecule has 0 atom stereocenters. The largest absolute Gasteiger partial charge is 0.337 e. The highest BCUT2D eigenvalue weighted by Crippen LogP contribution is 2.17. The number of rotatable bonds is 1. The SMILES string of the molecule is O=C(c1cnccc1Cl)N1CCS(=O)(=O)CC1. The first-order valence-corrected chi connectivity index (χ1v) is 7.29. The fraction of sp³-hybridized carbons (Fsp3) is 0.400. The maximum Gasteiger partial charge on any atom is 0.256 e. The van der Waals surface area contributed by atoms with Crippen LogP contribution in [0.1, 0.15) is 10.4 Å². The summed E-state index contributed by atoms with van der Waals surface area (Å²) in [6.07, 6.45) is 2.90. The number of hydrogen-bond acceptors (Lipinski definition) is 4. The minimum absolute atomic E-state index is 0.0105. The summed E-state index contributed by atoms with van der Waals surface area (Å²) in [4.78, 5) is 17.4. The van der Waals surface area contributed by atoms with Gasteiger partial charge in [0.2, 0.25) is 0 Å². The molecule has 0 radical (unpaired) electrons. The van der Waals surface area contributed by atoms with Gasteiger partial charge in [-0.05, 0) is 6.07 Å². The standard InChI is InChI=1S/C10H11ClN2O3S/c11-9-1-2-12-7-8(9)10(14)13-3-5-17(15,16)6-4-13/h1-2,7H,3-6H2. The Balaban J connectivity index is 2.15. The van der Waals surface area contributed by atoms with E-state index in [4.69, 9.17) is 11.6 Å². The molecule has 1 aliphatic heterocycles. The van der Waals surface area contributed by atoms with Gasteiger partial charge in [-0.25, -0.2) is 8.42 Å². The zero-order valence-corrected chi connectivity index (χ0v) is 10.5. The Morgan fingerprint density at radius 1 is 1.35 bits per heavy atom. The molecule has 0 N–H and O–H groups in total. The lowest BCUT2D eigenvalue weighted by atomic mass is 10.2. The van der Waals surface area contributed by atoms with Crippen LogP contribution in [0.3, 0.4) is 0 Å². The highest BCUT2D eigenvalue weighted by molar-refractivity contribution is 7.91. The van der Waals surface area contributed by atoms with E-state index in [1.54, 1.807) is 0 Å². The molecule has 92 valence electrons. The van der Waals surface area contributed by atoms with Crippen molar-refractivity contribution >= 4 is 27.3 Å². The zero-order valence-electron chi connectivity index (χ0n) is 8.97. The Bertz CT molecular complexity index is 530. The van der Waals surface area contributed by atoms with Crippen LogP contribution in [0.2, 0.25) is 5.02 Å². The molecule has 17 heavy (non-hydrogen) atoms. The average Bonchev–Trinajstić information content (AvgIpc) is 2.29. The molecule has 1 aliphatic rings. The van der Waals surface area contributed by atoms with E-state index >= 15 is 0 Å².